The molecule has 1 aromatic carbocycles. The molecule has 0 aliphatic carbocycles. The average Bonchev–Trinajstić information content (AvgIpc) is 2.54. The summed E-state index contributed by atoms with van der Waals surface area (Å²) in [6.45, 7) is 6.23. The van der Waals surface area contributed by atoms with E-state index in [0.717, 1.165) is 5.56 Å². The Morgan fingerprint density at radius 1 is 1.57 bits per heavy atom. The molecule has 0 N–H and O–H groups in total. The van der Waals surface area contributed by atoms with Gasteiger partial charge in [-0.2, -0.15) is 5.26 Å². The maximum atomic E-state index is 12.5. The fourth-order valence-electron chi connectivity index (χ4n) is 2.85. The number of rotatable bonds is 4. The van der Waals surface area contributed by atoms with Gasteiger partial charge in [-0.25, -0.2) is 0 Å². The SMILES string of the molecule is C=CC1CCOC(c2ccccc2)C1(C#N)C(=O)OCC. The van der Waals surface area contributed by atoms with Gasteiger partial charge in [0.2, 0.25) is 0 Å². The van der Waals surface area contributed by atoms with Gasteiger partial charge in [0.25, 0.3) is 0 Å². The summed E-state index contributed by atoms with van der Waals surface area (Å²) in [7, 11) is 0. The topological polar surface area (TPSA) is 59.3 Å². The summed E-state index contributed by atoms with van der Waals surface area (Å²) in [4.78, 5) is 12.5. The number of ether oxygens (including phenoxy) is 2. The smallest absolute Gasteiger partial charge is 0.330 e. The molecule has 1 heterocycles. The van der Waals surface area contributed by atoms with Gasteiger partial charge >= 0.3 is 5.97 Å². The van der Waals surface area contributed by atoms with Crippen LogP contribution in [0.25, 0.3) is 0 Å². The molecule has 3 atom stereocenters. The van der Waals surface area contributed by atoms with Crippen molar-refractivity contribution >= 4 is 5.97 Å². The lowest BCUT2D eigenvalue weighted by molar-refractivity contribution is -0.172. The Labute approximate surface area is 125 Å². The van der Waals surface area contributed by atoms with E-state index >= 15 is 0 Å². The first-order valence-electron chi connectivity index (χ1n) is 7.08. The van der Waals surface area contributed by atoms with Crippen LogP contribution in [0.1, 0.15) is 25.0 Å². The van der Waals surface area contributed by atoms with Crippen LogP contribution in [0.15, 0.2) is 43.0 Å². The van der Waals surface area contributed by atoms with Gasteiger partial charge in [0.05, 0.1) is 12.7 Å². The second kappa shape index (κ2) is 6.55. The molecule has 4 heteroatoms. The highest BCUT2D eigenvalue weighted by Crippen LogP contribution is 2.48. The number of nitriles is 1. The highest BCUT2D eigenvalue weighted by molar-refractivity contribution is 5.82. The van der Waals surface area contributed by atoms with Crippen molar-refractivity contribution in [3.63, 3.8) is 0 Å². The van der Waals surface area contributed by atoms with Gasteiger partial charge in [0.15, 0.2) is 5.41 Å². The fourth-order valence-corrected chi connectivity index (χ4v) is 2.85. The van der Waals surface area contributed by atoms with Crippen LogP contribution in [0.2, 0.25) is 0 Å². The van der Waals surface area contributed by atoms with Crippen molar-refractivity contribution < 1.29 is 14.3 Å². The van der Waals surface area contributed by atoms with Crippen LogP contribution < -0.4 is 0 Å². The van der Waals surface area contributed by atoms with E-state index in [1.807, 2.05) is 30.3 Å². The van der Waals surface area contributed by atoms with Crippen LogP contribution in [0.4, 0.5) is 0 Å². The van der Waals surface area contributed by atoms with Gasteiger partial charge < -0.3 is 9.47 Å². The van der Waals surface area contributed by atoms with Crippen molar-refractivity contribution in [1.29, 1.82) is 5.26 Å². The lowest BCUT2D eigenvalue weighted by atomic mass is 9.67. The van der Waals surface area contributed by atoms with E-state index in [1.54, 1.807) is 13.0 Å². The summed E-state index contributed by atoms with van der Waals surface area (Å²) in [6.07, 6.45) is 1.61. The molecule has 1 aliphatic rings. The predicted octanol–water partition coefficient (Wildman–Crippen LogP) is 3.02. The number of carbonyl (C=O) groups is 1. The zero-order chi connectivity index (χ0) is 15.3. The van der Waals surface area contributed by atoms with Gasteiger partial charge in [0, 0.05) is 12.5 Å². The molecule has 2 rings (SSSR count). The number of nitrogens with zero attached hydrogens (tertiary/aromatic N) is 1. The number of hydrogen-bond donors (Lipinski definition) is 0. The van der Waals surface area contributed by atoms with Gasteiger partial charge in [-0.1, -0.05) is 36.4 Å². The molecule has 21 heavy (non-hydrogen) atoms. The van der Waals surface area contributed by atoms with Crippen molar-refractivity contribution in [2.24, 2.45) is 11.3 Å². The van der Waals surface area contributed by atoms with Gasteiger partial charge in [0.1, 0.15) is 6.10 Å². The maximum Gasteiger partial charge on any atom is 0.330 e. The van der Waals surface area contributed by atoms with E-state index in [0.29, 0.717) is 13.0 Å². The summed E-state index contributed by atoms with van der Waals surface area (Å²) in [5.41, 5.74) is -0.573. The predicted molar refractivity (Wildman–Crippen MR) is 78.1 cm³/mol. The average molecular weight is 285 g/mol. The minimum atomic E-state index is -1.38. The summed E-state index contributed by atoms with van der Waals surface area (Å²) < 4.78 is 11.0. The molecule has 1 aliphatic heterocycles. The zero-order valence-electron chi connectivity index (χ0n) is 12.1. The normalized spacial score (nSPS) is 28.4. The number of benzene rings is 1. The molecule has 3 unspecified atom stereocenters. The van der Waals surface area contributed by atoms with E-state index in [1.165, 1.54) is 0 Å². The molecule has 0 bridgehead atoms. The largest absolute Gasteiger partial charge is 0.465 e. The Morgan fingerprint density at radius 2 is 2.29 bits per heavy atom. The summed E-state index contributed by atoms with van der Waals surface area (Å²) in [5.74, 6) is -0.827. The quantitative estimate of drug-likeness (QED) is 0.630. The molecule has 4 nitrogen and oxygen atoms in total. The number of esters is 1. The van der Waals surface area contributed by atoms with Crippen molar-refractivity contribution in [2.75, 3.05) is 13.2 Å². The van der Waals surface area contributed by atoms with E-state index in [2.05, 4.69) is 12.6 Å². The molecule has 1 fully saturated rings. The van der Waals surface area contributed by atoms with Crippen molar-refractivity contribution in [2.45, 2.75) is 19.4 Å². The molecular formula is C17H19NO3. The van der Waals surface area contributed by atoms with Crippen molar-refractivity contribution in [3.05, 3.63) is 48.6 Å². The number of hydrogen-bond acceptors (Lipinski definition) is 4. The lowest BCUT2D eigenvalue weighted by Gasteiger charge is -2.41. The van der Waals surface area contributed by atoms with Gasteiger partial charge in [-0.05, 0) is 18.9 Å². The molecule has 0 saturated carbocycles. The Hall–Kier alpha value is -2.12. The van der Waals surface area contributed by atoms with Crippen LogP contribution in [-0.2, 0) is 14.3 Å². The molecule has 1 saturated heterocycles. The molecule has 0 amide bonds. The number of carbonyl (C=O) groups excluding carboxylic acids is 1. The first-order valence-corrected chi connectivity index (χ1v) is 7.08. The van der Waals surface area contributed by atoms with Crippen LogP contribution >= 0.6 is 0 Å². The fraction of sp³-hybridized carbons (Fsp3) is 0.412. The van der Waals surface area contributed by atoms with Crippen molar-refractivity contribution in [1.82, 2.24) is 0 Å². The van der Waals surface area contributed by atoms with E-state index in [9.17, 15) is 10.1 Å². The minimum absolute atomic E-state index is 0.230. The molecule has 110 valence electrons. The minimum Gasteiger partial charge on any atom is -0.465 e. The third-order valence-corrected chi connectivity index (χ3v) is 3.90. The van der Waals surface area contributed by atoms with Crippen LogP contribution in [-0.4, -0.2) is 19.2 Å². The zero-order valence-corrected chi connectivity index (χ0v) is 12.1. The van der Waals surface area contributed by atoms with Gasteiger partial charge in [-0.15, -0.1) is 6.58 Å². The second-order valence-corrected chi connectivity index (χ2v) is 4.99. The van der Waals surface area contributed by atoms with Gasteiger partial charge in [-0.3, -0.25) is 4.79 Å². The van der Waals surface area contributed by atoms with Crippen LogP contribution in [0, 0.1) is 22.7 Å². The lowest BCUT2D eigenvalue weighted by Crippen LogP contribution is -2.47. The maximum absolute atomic E-state index is 12.5. The monoisotopic (exact) mass is 285 g/mol. The highest BCUT2D eigenvalue weighted by Gasteiger charge is 2.56. The Morgan fingerprint density at radius 3 is 2.86 bits per heavy atom. The Kier molecular flexibility index (Phi) is 4.77. The molecule has 1 aromatic rings. The standard InChI is InChI=1S/C17H19NO3/c1-3-14-10-11-21-15(13-8-6-5-7-9-13)17(14,12-18)16(19)20-4-2/h3,5-9,14-15H,1,4,10-11H2,2H3. The van der Waals surface area contributed by atoms with E-state index in [4.69, 9.17) is 9.47 Å². The first-order chi connectivity index (χ1) is 10.2. The molecule has 0 radical (unpaired) electrons. The Balaban J connectivity index is 2.52. The summed E-state index contributed by atoms with van der Waals surface area (Å²) in [6, 6.07) is 11.5. The summed E-state index contributed by atoms with van der Waals surface area (Å²) in [5, 5.41) is 9.79. The third kappa shape index (κ3) is 2.57. The Bertz CT molecular complexity index is 549. The first kappa shape index (κ1) is 15.3. The van der Waals surface area contributed by atoms with Crippen LogP contribution in [0.3, 0.4) is 0 Å². The van der Waals surface area contributed by atoms with E-state index in [-0.39, 0.29) is 12.5 Å². The second-order valence-electron chi connectivity index (χ2n) is 4.99. The van der Waals surface area contributed by atoms with Crippen LogP contribution in [0.5, 0.6) is 0 Å². The number of allylic oxidation sites excluding steroid dienone is 1. The van der Waals surface area contributed by atoms with Crippen molar-refractivity contribution in [3.8, 4) is 6.07 Å². The highest BCUT2D eigenvalue weighted by atomic mass is 16.5. The third-order valence-electron chi connectivity index (χ3n) is 3.90. The van der Waals surface area contributed by atoms with E-state index < -0.39 is 17.5 Å². The molecule has 0 aromatic heterocycles. The molecule has 0 spiro atoms. The summed E-state index contributed by atoms with van der Waals surface area (Å²) >= 11 is 0. The molecular weight excluding hydrogens is 266 g/mol.